The largest absolute Gasteiger partial charge is 0.464 e. The highest BCUT2D eigenvalue weighted by Gasteiger charge is 2.57. The molecule has 2 saturated heterocycles. The van der Waals surface area contributed by atoms with Crippen molar-refractivity contribution >= 4 is 28.5 Å². The van der Waals surface area contributed by atoms with Crippen LogP contribution in [0.25, 0.3) is 22.1 Å². The first-order chi connectivity index (χ1) is 15.6. The lowest BCUT2D eigenvalue weighted by atomic mass is 9.85. The molecule has 4 aromatic rings. The van der Waals surface area contributed by atoms with E-state index >= 15 is 0 Å². The Morgan fingerprint density at radius 2 is 1.66 bits per heavy atom. The number of nitrogens with zero attached hydrogens (tertiary/aromatic N) is 2. The molecule has 1 aromatic heterocycles. The van der Waals surface area contributed by atoms with Crippen LogP contribution >= 0.6 is 0 Å². The van der Waals surface area contributed by atoms with Crippen LogP contribution in [0.4, 0.5) is 5.69 Å². The maximum absolute atomic E-state index is 13.6. The van der Waals surface area contributed by atoms with Crippen LogP contribution in [0.1, 0.15) is 11.6 Å². The second kappa shape index (κ2) is 7.18. The molecule has 0 aliphatic carbocycles. The van der Waals surface area contributed by atoms with Gasteiger partial charge in [0.1, 0.15) is 5.58 Å². The maximum atomic E-state index is 13.6. The number of anilines is 1. The molecule has 32 heavy (non-hydrogen) atoms. The van der Waals surface area contributed by atoms with E-state index in [0.717, 1.165) is 27.7 Å². The van der Waals surface area contributed by atoms with Gasteiger partial charge in [-0.2, -0.15) is 0 Å². The van der Waals surface area contributed by atoms with Gasteiger partial charge in [0.25, 0.3) is 0 Å². The molecule has 3 atom stereocenters. The first kappa shape index (κ1) is 19.0. The van der Waals surface area contributed by atoms with E-state index in [1.54, 1.807) is 6.26 Å². The zero-order valence-electron chi connectivity index (χ0n) is 17.6. The number of likely N-dealkylation sites (tertiary alicyclic amines) is 1. The normalized spacial score (nSPS) is 23.3. The number of benzene rings is 3. The minimum absolute atomic E-state index is 0.0992. The zero-order valence-corrected chi connectivity index (χ0v) is 17.6. The summed E-state index contributed by atoms with van der Waals surface area (Å²) < 4.78 is 5.50. The first-order valence-corrected chi connectivity index (χ1v) is 10.8. The lowest BCUT2D eigenvalue weighted by molar-refractivity contribution is -0.123. The van der Waals surface area contributed by atoms with Crippen molar-refractivity contribution in [3.05, 3.63) is 90.7 Å². The molecule has 0 radical (unpaired) electrons. The number of hydrogen-bond acceptors (Lipinski definition) is 4. The predicted octanol–water partition coefficient (Wildman–Crippen LogP) is 4.89. The molecule has 2 aliphatic rings. The minimum atomic E-state index is -0.397. The first-order valence-electron chi connectivity index (χ1n) is 10.8. The lowest BCUT2D eigenvalue weighted by Gasteiger charge is -2.27. The Morgan fingerprint density at radius 1 is 0.875 bits per heavy atom. The maximum Gasteiger partial charge on any atom is 0.239 e. The fourth-order valence-corrected chi connectivity index (χ4v) is 5.41. The molecule has 158 valence electrons. The topological polar surface area (TPSA) is 53.8 Å². The summed E-state index contributed by atoms with van der Waals surface area (Å²) in [6.07, 6.45) is 1.69. The summed E-state index contributed by atoms with van der Waals surface area (Å²) in [7, 11) is 2.01. The number of imide groups is 1. The molecular formula is C27H22N2O3. The zero-order chi connectivity index (χ0) is 21.8. The quantitative estimate of drug-likeness (QED) is 0.441. The molecule has 0 N–H and O–H groups in total. The third kappa shape index (κ3) is 2.75. The van der Waals surface area contributed by atoms with Crippen molar-refractivity contribution in [1.82, 2.24) is 4.90 Å². The summed E-state index contributed by atoms with van der Waals surface area (Å²) in [5.74, 6) is -0.938. The van der Waals surface area contributed by atoms with Gasteiger partial charge in [0, 0.05) is 18.0 Å². The van der Waals surface area contributed by atoms with Crippen molar-refractivity contribution in [1.29, 1.82) is 0 Å². The van der Waals surface area contributed by atoms with E-state index in [4.69, 9.17) is 4.42 Å². The van der Waals surface area contributed by atoms with Crippen LogP contribution in [-0.2, 0) is 9.59 Å². The average Bonchev–Trinajstić information content (AvgIpc) is 3.48. The van der Waals surface area contributed by atoms with E-state index in [2.05, 4.69) is 29.2 Å². The molecule has 2 fully saturated rings. The van der Waals surface area contributed by atoms with E-state index in [0.29, 0.717) is 12.2 Å². The van der Waals surface area contributed by atoms with Gasteiger partial charge in [0.2, 0.25) is 11.8 Å². The molecule has 0 bridgehead atoms. The number of amides is 2. The van der Waals surface area contributed by atoms with Crippen LogP contribution in [0.3, 0.4) is 0 Å². The summed E-state index contributed by atoms with van der Waals surface area (Å²) in [5, 5.41) is 1.04. The Kier molecular flexibility index (Phi) is 4.26. The molecular weight excluding hydrogens is 400 g/mol. The average molecular weight is 422 g/mol. The Balaban J connectivity index is 1.44. The fraction of sp³-hybridized carbons (Fsp3) is 0.185. The van der Waals surface area contributed by atoms with Crippen LogP contribution in [0.2, 0.25) is 0 Å². The number of carbonyl (C=O) groups excluding carboxylic acids is 2. The summed E-state index contributed by atoms with van der Waals surface area (Å²) in [5.41, 5.74) is 4.72. The molecule has 0 saturated carbocycles. The van der Waals surface area contributed by atoms with Gasteiger partial charge in [-0.25, -0.2) is 4.90 Å². The molecule has 6 rings (SSSR count). The molecule has 3 heterocycles. The number of furan rings is 1. The number of rotatable bonds is 3. The van der Waals surface area contributed by atoms with Gasteiger partial charge in [-0.15, -0.1) is 0 Å². The van der Waals surface area contributed by atoms with Gasteiger partial charge >= 0.3 is 0 Å². The van der Waals surface area contributed by atoms with Gasteiger partial charge in [-0.05, 0) is 54.1 Å². The van der Waals surface area contributed by atoms with E-state index in [1.807, 2.05) is 61.6 Å². The van der Waals surface area contributed by atoms with Crippen LogP contribution in [0.15, 0.2) is 89.5 Å². The number of para-hydroxylation sites is 1. The third-order valence-electron chi connectivity index (χ3n) is 6.83. The van der Waals surface area contributed by atoms with Gasteiger partial charge in [-0.3, -0.25) is 14.5 Å². The predicted molar refractivity (Wildman–Crippen MR) is 123 cm³/mol. The fourth-order valence-electron chi connectivity index (χ4n) is 5.41. The third-order valence-corrected chi connectivity index (χ3v) is 6.83. The van der Waals surface area contributed by atoms with Crippen molar-refractivity contribution in [2.24, 2.45) is 11.8 Å². The van der Waals surface area contributed by atoms with Crippen LogP contribution in [0, 0.1) is 11.8 Å². The van der Waals surface area contributed by atoms with Crippen LogP contribution in [-0.4, -0.2) is 30.3 Å². The second-order valence-corrected chi connectivity index (χ2v) is 8.62. The molecule has 5 heteroatoms. The highest BCUT2D eigenvalue weighted by Crippen LogP contribution is 2.48. The van der Waals surface area contributed by atoms with Crippen molar-refractivity contribution in [3.8, 4) is 11.1 Å². The van der Waals surface area contributed by atoms with Gasteiger partial charge in [-0.1, -0.05) is 48.5 Å². The minimum Gasteiger partial charge on any atom is -0.464 e. The highest BCUT2D eigenvalue weighted by atomic mass is 16.3. The Hall–Kier alpha value is -3.70. The summed E-state index contributed by atoms with van der Waals surface area (Å²) in [6, 6.07) is 25.4. The SMILES string of the molecule is CN1C[C@@H]2C(=O)N(c3ccccc3)C(=O)[C@@H]2[C@@H]1c1ccccc1-c1ccc2occc2c1. The molecule has 3 aromatic carbocycles. The second-order valence-electron chi connectivity index (χ2n) is 8.62. The van der Waals surface area contributed by atoms with Crippen LogP contribution < -0.4 is 4.90 Å². The van der Waals surface area contributed by atoms with E-state index in [1.165, 1.54) is 4.90 Å². The number of fused-ring (bicyclic) bond motifs is 2. The monoisotopic (exact) mass is 422 g/mol. The Morgan fingerprint density at radius 3 is 2.50 bits per heavy atom. The van der Waals surface area contributed by atoms with E-state index in [9.17, 15) is 9.59 Å². The Bertz CT molecular complexity index is 1340. The molecule has 2 aliphatic heterocycles. The molecule has 0 spiro atoms. The summed E-state index contributed by atoms with van der Waals surface area (Å²) >= 11 is 0. The number of hydrogen-bond donors (Lipinski definition) is 0. The lowest BCUT2D eigenvalue weighted by Crippen LogP contribution is -2.36. The number of carbonyl (C=O) groups is 2. The van der Waals surface area contributed by atoms with Gasteiger partial charge in [0.15, 0.2) is 0 Å². The Labute approximate surface area is 185 Å². The van der Waals surface area contributed by atoms with Crippen molar-refractivity contribution in [2.75, 3.05) is 18.5 Å². The molecule has 2 amide bonds. The highest BCUT2D eigenvalue weighted by molar-refractivity contribution is 6.22. The van der Waals surface area contributed by atoms with Crippen molar-refractivity contribution in [3.63, 3.8) is 0 Å². The van der Waals surface area contributed by atoms with Crippen LogP contribution in [0.5, 0.6) is 0 Å². The van der Waals surface area contributed by atoms with Crippen molar-refractivity contribution in [2.45, 2.75) is 6.04 Å². The standard InChI is InChI=1S/C27H22N2O3/c1-28-16-22-24(27(31)29(26(22)30)19-7-3-2-4-8-19)25(28)21-10-6-5-9-20(21)17-11-12-23-18(15-17)13-14-32-23/h2-15,22,24-25H,16H2,1H3/t22-,24-,25-/m0/s1. The summed E-state index contributed by atoms with van der Waals surface area (Å²) in [6.45, 7) is 0.568. The summed E-state index contributed by atoms with van der Waals surface area (Å²) in [4.78, 5) is 30.4. The smallest absolute Gasteiger partial charge is 0.239 e. The van der Waals surface area contributed by atoms with Gasteiger partial charge in [0.05, 0.1) is 23.8 Å². The van der Waals surface area contributed by atoms with E-state index < -0.39 is 5.92 Å². The van der Waals surface area contributed by atoms with Crippen molar-refractivity contribution < 1.29 is 14.0 Å². The molecule has 0 unspecified atom stereocenters. The van der Waals surface area contributed by atoms with Gasteiger partial charge < -0.3 is 4.42 Å². The van der Waals surface area contributed by atoms with E-state index in [-0.39, 0.29) is 23.8 Å². The molecule has 5 nitrogen and oxygen atoms in total.